The SMILES string of the molecule is COc1ccc(OC)c(-c2cc(C(=O)N3CCOC(c4cc(Cl)cc(Cl)c4)C3)n(C)n2)c1. The maximum atomic E-state index is 13.4. The molecule has 1 amide bonds. The number of methoxy groups -OCH3 is 2. The number of aromatic nitrogens is 2. The van der Waals surface area contributed by atoms with Crippen LogP contribution in [0.1, 0.15) is 22.2 Å². The second kappa shape index (κ2) is 9.40. The van der Waals surface area contributed by atoms with Gasteiger partial charge in [-0.2, -0.15) is 5.10 Å². The van der Waals surface area contributed by atoms with E-state index in [2.05, 4.69) is 5.10 Å². The van der Waals surface area contributed by atoms with E-state index in [9.17, 15) is 4.79 Å². The van der Waals surface area contributed by atoms with Crippen LogP contribution in [0.5, 0.6) is 11.5 Å². The van der Waals surface area contributed by atoms with Crippen LogP contribution in [0.2, 0.25) is 10.0 Å². The lowest BCUT2D eigenvalue weighted by molar-refractivity contribution is -0.0231. The van der Waals surface area contributed by atoms with E-state index in [-0.39, 0.29) is 12.0 Å². The highest BCUT2D eigenvalue weighted by Crippen LogP contribution is 2.34. The number of carbonyl (C=O) groups excluding carboxylic acids is 1. The predicted molar refractivity (Wildman–Crippen MR) is 123 cm³/mol. The highest BCUT2D eigenvalue weighted by Gasteiger charge is 2.29. The Morgan fingerprint density at radius 2 is 1.84 bits per heavy atom. The molecule has 0 radical (unpaired) electrons. The number of amides is 1. The van der Waals surface area contributed by atoms with Crippen molar-refractivity contribution >= 4 is 29.1 Å². The van der Waals surface area contributed by atoms with Crippen molar-refractivity contribution in [3.63, 3.8) is 0 Å². The van der Waals surface area contributed by atoms with Gasteiger partial charge < -0.3 is 19.1 Å². The average molecular weight is 476 g/mol. The van der Waals surface area contributed by atoms with Gasteiger partial charge in [-0.1, -0.05) is 23.2 Å². The van der Waals surface area contributed by atoms with Gasteiger partial charge in [0.1, 0.15) is 23.3 Å². The minimum Gasteiger partial charge on any atom is -0.497 e. The third kappa shape index (κ3) is 4.55. The Balaban J connectivity index is 1.60. The molecule has 168 valence electrons. The second-order valence-corrected chi connectivity index (χ2v) is 8.29. The smallest absolute Gasteiger partial charge is 0.272 e. The van der Waals surface area contributed by atoms with Gasteiger partial charge in [-0.15, -0.1) is 0 Å². The summed E-state index contributed by atoms with van der Waals surface area (Å²) in [6, 6.07) is 12.5. The lowest BCUT2D eigenvalue weighted by Crippen LogP contribution is -2.42. The van der Waals surface area contributed by atoms with Gasteiger partial charge >= 0.3 is 0 Å². The van der Waals surface area contributed by atoms with Crippen molar-refractivity contribution in [1.82, 2.24) is 14.7 Å². The molecule has 32 heavy (non-hydrogen) atoms. The van der Waals surface area contributed by atoms with Crippen molar-refractivity contribution in [3.8, 4) is 22.8 Å². The summed E-state index contributed by atoms with van der Waals surface area (Å²) in [5.41, 5.74) is 2.68. The molecular formula is C23H23Cl2N3O4. The lowest BCUT2D eigenvalue weighted by Gasteiger charge is -2.33. The Morgan fingerprint density at radius 1 is 1.09 bits per heavy atom. The Bertz CT molecular complexity index is 1130. The fourth-order valence-electron chi connectivity index (χ4n) is 3.77. The summed E-state index contributed by atoms with van der Waals surface area (Å²) in [5.74, 6) is 1.19. The fourth-order valence-corrected chi connectivity index (χ4v) is 4.31. The van der Waals surface area contributed by atoms with E-state index in [4.69, 9.17) is 37.4 Å². The molecule has 2 heterocycles. The number of ether oxygens (including phenoxy) is 3. The van der Waals surface area contributed by atoms with Crippen molar-refractivity contribution in [3.05, 3.63) is 63.8 Å². The fraction of sp³-hybridized carbons (Fsp3) is 0.304. The molecule has 1 unspecified atom stereocenters. The summed E-state index contributed by atoms with van der Waals surface area (Å²) in [4.78, 5) is 15.1. The maximum Gasteiger partial charge on any atom is 0.272 e. The van der Waals surface area contributed by atoms with Gasteiger partial charge in [-0.25, -0.2) is 0 Å². The molecule has 1 aliphatic heterocycles. The number of hydrogen-bond acceptors (Lipinski definition) is 5. The summed E-state index contributed by atoms with van der Waals surface area (Å²) < 4.78 is 18.3. The maximum absolute atomic E-state index is 13.4. The van der Waals surface area contributed by atoms with Crippen LogP contribution in [0.3, 0.4) is 0 Å². The largest absolute Gasteiger partial charge is 0.497 e. The number of rotatable bonds is 5. The van der Waals surface area contributed by atoms with E-state index in [1.54, 1.807) is 43.0 Å². The molecule has 0 saturated carbocycles. The minimum absolute atomic E-state index is 0.130. The average Bonchev–Trinajstić information content (AvgIpc) is 3.19. The number of hydrogen-bond donors (Lipinski definition) is 0. The molecule has 1 aromatic heterocycles. The molecular weight excluding hydrogens is 453 g/mol. The number of benzene rings is 2. The zero-order chi connectivity index (χ0) is 22.8. The molecule has 7 nitrogen and oxygen atoms in total. The van der Waals surface area contributed by atoms with E-state index >= 15 is 0 Å². The molecule has 3 aromatic rings. The van der Waals surface area contributed by atoms with Gasteiger partial charge in [0.2, 0.25) is 0 Å². The van der Waals surface area contributed by atoms with Crippen LogP contribution in [0.25, 0.3) is 11.3 Å². The third-order valence-electron chi connectivity index (χ3n) is 5.39. The molecule has 1 aliphatic rings. The molecule has 0 bridgehead atoms. The number of halogens is 2. The number of aryl methyl sites for hydroxylation is 1. The quantitative estimate of drug-likeness (QED) is 0.538. The first kappa shape index (κ1) is 22.5. The van der Waals surface area contributed by atoms with Gasteiger partial charge in [-0.05, 0) is 48.0 Å². The molecule has 1 atom stereocenters. The number of morpholine rings is 1. The van der Waals surface area contributed by atoms with Crippen molar-refractivity contribution in [2.24, 2.45) is 7.05 Å². The molecule has 0 spiro atoms. The first-order valence-corrected chi connectivity index (χ1v) is 10.8. The normalized spacial score (nSPS) is 16.2. The summed E-state index contributed by atoms with van der Waals surface area (Å²) in [7, 11) is 4.94. The van der Waals surface area contributed by atoms with Gasteiger partial charge in [0.25, 0.3) is 5.91 Å². The Morgan fingerprint density at radius 3 is 2.53 bits per heavy atom. The minimum atomic E-state index is -0.310. The second-order valence-electron chi connectivity index (χ2n) is 7.42. The van der Waals surface area contributed by atoms with E-state index in [0.29, 0.717) is 52.6 Å². The van der Waals surface area contributed by atoms with Crippen LogP contribution < -0.4 is 9.47 Å². The van der Waals surface area contributed by atoms with Crippen molar-refractivity contribution in [2.45, 2.75) is 6.10 Å². The van der Waals surface area contributed by atoms with Crippen LogP contribution in [0.4, 0.5) is 0 Å². The lowest BCUT2D eigenvalue weighted by atomic mass is 10.1. The van der Waals surface area contributed by atoms with Crippen LogP contribution in [-0.4, -0.2) is 54.5 Å². The first-order chi connectivity index (χ1) is 15.4. The van der Waals surface area contributed by atoms with Crippen LogP contribution in [-0.2, 0) is 11.8 Å². The number of carbonyl (C=O) groups is 1. The van der Waals surface area contributed by atoms with E-state index in [1.807, 2.05) is 30.3 Å². The van der Waals surface area contributed by atoms with Crippen molar-refractivity contribution < 1.29 is 19.0 Å². The van der Waals surface area contributed by atoms with Crippen LogP contribution in [0, 0.1) is 0 Å². The van der Waals surface area contributed by atoms with Gasteiger partial charge in [0.05, 0.1) is 33.1 Å². The predicted octanol–water partition coefficient (Wildman–Crippen LogP) is 4.62. The zero-order valence-corrected chi connectivity index (χ0v) is 19.5. The highest BCUT2D eigenvalue weighted by atomic mass is 35.5. The summed E-state index contributed by atoms with van der Waals surface area (Å²) in [6.07, 6.45) is -0.310. The molecule has 4 rings (SSSR count). The summed E-state index contributed by atoms with van der Waals surface area (Å²) in [5, 5.41) is 5.61. The molecule has 1 saturated heterocycles. The highest BCUT2D eigenvalue weighted by molar-refractivity contribution is 6.34. The Hall–Kier alpha value is -2.74. The van der Waals surface area contributed by atoms with Crippen molar-refractivity contribution in [1.29, 1.82) is 0 Å². The van der Waals surface area contributed by atoms with Gasteiger partial charge in [0.15, 0.2) is 0 Å². The molecule has 9 heteroatoms. The summed E-state index contributed by atoms with van der Waals surface area (Å²) >= 11 is 12.3. The topological polar surface area (TPSA) is 65.8 Å². The van der Waals surface area contributed by atoms with E-state index in [1.165, 1.54) is 0 Å². The van der Waals surface area contributed by atoms with E-state index in [0.717, 1.165) is 11.1 Å². The Labute approximate surface area is 196 Å². The van der Waals surface area contributed by atoms with E-state index < -0.39 is 0 Å². The molecule has 2 aromatic carbocycles. The monoisotopic (exact) mass is 475 g/mol. The van der Waals surface area contributed by atoms with Crippen LogP contribution in [0.15, 0.2) is 42.5 Å². The Kier molecular flexibility index (Phi) is 6.60. The van der Waals surface area contributed by atoms with Gasteiger partial charge in [0, 0.05) is 29.2 Å². The molecule has 0 N–H and O–H groups in total. The third-order valence-corrected chi connectivity index (χ3v) is 5.83. The zero-order valence-electron chi connectivity index (χ0n) is 18.0. The van der Waals surface area contributed by atoms with Gasteiger partial charge in [-0.3, -0.25) is 9.48 Å². The van der Waals surface area contributed by atoms with Crippen molar-refractivity contribution in [2.75, 3.05) is 33.9 Å². The standard InChI is InChI=1S/C23H23Cl2N3O4/c1-27-20(12-19(26-27)18-11-17(30-2)4-5-21(18)31-3)23(29)28-6-7-32-22(13-28)14-8-15(24)10-16(25)9-14/h4-5,8-12,22H,6-7,13H2,1-3H3. The molecule has 0 aliphatic carbocycles. The summed E-state index contributed by atoms with van der Waals surface area (Å²) in [6.45, 7) is 1.28. The number of nitrogens with zero attached hydrogens (tertiary/aromatic N) is 3. The van der Waals surface area contributed by atoms with Crippen LogP contribution >= 0.6 is 23.2 Å². The first-order valence-electron chi connectivity index (χ1n) is 10.0. The molecule has 1 fully saturated rings.